The molecule has 0 aromatic heterocycles. The smallest absolute Gasteiger partial charge is 0.411 e. The van der Waals surface area contributed by atoms with Crippen LogP contribution in [0.15, 0.2) is 30.3 Å². The van der Waals surface area contributed by atoms with Gasteiger partial charge in [0.1, 0.15) is 17.7 Å². The van der Waals surface area contributed by atoms with E-state index < -0.39 is 23.3 Å². The van der Waals surface area contributed by atoms with Crippen molar-refractivity contribution in [2.24, 2.45) is 0 Å². The molecule has 2 fully saturated rings. The fourth-order valence-corrected chi connectivity index (χ4v) is 4.73. The average Bonchev–Trinajstić information content (AvgIpc) is 2.85. The zero-order chi connectivity index (χ0) is 22.8. The number of rotatable bonds is 5. The average molecular weight is 431 g/mol. The number of amides is 1. The van der Waals surface area contributed by atoms with Crippen molar-refractivity contribution in [3.8, 4) is 0 Å². The molecule has 0 aliphatic carbocycles. The van der Waals surface area contributed by atoms with Gasteiger partial charge in [-0.05, 0) is 72.8 Å². The number of nitrogens with zero attached hydrogens (tertiary/aromatic N) is 2. The van der Waals surface area contributed by atoms with Crippen LogP contribution in [0.4, 0.5) is 4.79 Å². The summed E-state index contributed by atoms with van der Waals surface area (Å²) in [5.41, 5.74) is 0.112. The number of esters is 1. The third-order valence-corrected chi connectivity index (χ3v) is 5.86. The Hall–Kier alpha value is -2.08. The van der Waals surface area contributed by atoms with Crippen molar-refractivity contribution in [3.05, 3.63) is 35.9 Å². The molecule has 6 nitrogen and oxygen atoms in total. The molecule has 2 bridgehead atoms. The highest BCUT2D eigenvalue weighted by molar-refractivity contribution is 5.78. The number of ether oxygens (including phenoxy) is 2. The Labute approximate surface area is 186 Å². The van der Waals surface area contributed by atoms with E-state index in [0.717, 1.165) is 32.2 Å². The van der Waals surface area contributed by atoms with Crippen molar-refractivity contribution >= 4 is 12.1 Å². The molecule has 2 aliphatic heterocycles. The second-order valence-corrected chi connectivity index (χ2v) is 10.9. The van der Waals surface area contributed by atoms with Crippen LogP contribution < -0.4 is 0 Å². The Kier molecular flexibility index (Phi) is 6.99. The van der Waals surface area contributed by atoms with Gasteiger partial charge in [-0.2, -0.15) is 0 Å². The molecule has 31 heavy (non-hydrogen) atoms. The molecule has 3 rings (SSSR count). The Morgan fingerprint density at radius 2 is 1.48 bits per heavy atom. The normalized spacial score (nSPS) is 24.0. The lowest BCUT2D eigenvalue weighted by atomic mass is 9.95. The van der Waals surface area contributed by atoms with Gasteiger partial charge in [0.15, 0.2) is 0 Å². The number of benzene rings is 1. The van der Waals surface area contributed by atoms with Crippen molar-refractivity contribution in [1.29, 1.82) is 0 Å². The zero-order valence-corrected chi connectivity index (χ0v) is 19.9. The van der Waals surface area contributed by atoms with E-state index in [1.54, 1.807) is 4.90 Å². The van der Waals surface area contributed by atoms with Crippen molar-refractivity contribution in [2.75, 3.05) is 6.54 Å². The van der Waals surface area contributed by atoms with Gasteiger partial charge in [0.25, 0.3) is 0 Å². The summed E-state index contributed by atoms with van der Waals surface area (Å²) in [5.74, 6) is -0.391. The zero-order valence-electron chi connectivity index (χ0n) is 19.9. The second kappa shape index (κ2) is 9.19. The van der Waals surface area contributed by atoms with Gasteiger partial charge in [0, 0.05) is 24.7 Å². The first-order chi connectivity index (χ1) is 14.4. The molecule has 2 heterocycles. The standard InChI is InChI=1S/C25H38N2O4/c1-24(2,3)30-22(28)17-27(23(29)31-25(4,5)6)21-14-19-12-13-20(15-21)26(19)16-18-10-8-7-9-11-18/h7-11,19-21H,12-17H2,1-6H3. The highest BCUT2D eigenvalue weighted by Crippen LogP contribution is 2.39. The van der Waals surface area contributed by atoms with E-state index in [9.17, 15) is 9.59 Å². The van der Waals surface area contributed by atoms with Gasteiger partial charge < -0.3 is 9.47 Å². The summed E-state index contributed by atoms with van der Waals surface area (Å²) in [6.07, 6.45) is 3.53. The van der Waals surface area contributed by atoms with Crippen LogP contribution in [0.3, 0.4) is 0 Å². The molecule has 0 N–H and O–H groups in total. The third-order valence-electron chi connectivity index (χ3n) is 5.86. The molecule has 2 unspecified atom stereocenters. The minimum absolute atomic E-state index is 0.0214. The summed E-state index contributed by atoms with van der Waals surface area (Å²) in [4.78, 5) is 29.8. The molecule has 0 saturated carbocycles. The Morgan fingerprint density at radius 1 is 0.935 bits per heavy atom. The largest absolute Gasteiger partial charge is 0.459 e. The summed E-state index contributed by atoms with van der Waals surface area (Å²) in [5, 5.41) is 0. The van der Waals surface area contributed by atoms with Gasteiger partial charge in [0.05, 0.1) is 0 Å². The van der Waals surface area contributed by atoms with E-state index in [1.165, 1.54) is 5.56 Å². The molecule has 0 radical (unpaired) electrons. The lowest BCUT2D eigenvalue weighted by Gasteiger charge is -2.43. The molecule has 0 spiro atoms. The quantitative estimate of drug-likeness (QED) is 0.630. The minimum Gasteiger partial charge on any atom is -0.459 e. The van der Waals surface area contributed by atoms with E-state index in [-0.39, 0.29) is 12.6 Å². The molecule has 2 atom stereocenters. The Balaban J connectivity index is 1.72. The van der Waals surface area contributed by atoms with E-state index in [4.69, 9.17) is 9.47 Å². The number of hydrogen-bond donors (Lipinski definition) is 0. The summed E-state index contributed by atoms with van der Waals surface area (Å²) in [7, 11) is 0. The van der Waals surface area contributed by atoms with Gasteiger partial charge in [-0.3, -0.25) is 14.6 Å². The summed E-state index contributed by atoms with van der Waals surface area (Å²) >= 11 is 0. The first-order valence-electron chi connectivity index (χ1n) is 11.4. The highest BCUT2D eigenvalue weighted by atomic mass is 16.6. The van der Waals surface area contributed by atoms with Crippen LogP contribution in [0.5, 0.6) is 0 Å². The summed E-state index contributed by atoms with van der Waals surface area (Å²) in [6.45, 7) is 11.9. The van der Waals surface area contributed by atoms with E-state index in [0.29, 0.717) is 12.1 Å². The number of carbonyl (C=O) groups is 2. The maximum absolute atomic E-state index is 13.0. The number of hydrogen-bond acceptors (Lipinski definition) is 5. The number of piperidine rings is 1. The Morgan fingerprint density at radius 3 is 2.00 bits per heavy atom. The predicted octanol–water partition coefficient (Wildman–Crippen LogP) is 4.76. The van der Waals surface area contributed by atoms with Gasteiger partial charge >= 0.3 is 12.1 Å². The van der Waals surface area contributed by atoms with Gasteiger partial charge in [-0.1, -0.05) is 30.3 Å². The Bertz CT molecular complexity index is 752. The van der Waals surface area contributed by atoms with Gasteiger partial charge in [-0.25, -0.2) is 4.79 Å². The molecule has 6 heteroatoms. The molecule has 1 aromatic rings. The van der Waals surface area contributed by atoms with Crippen LogP contribution in [-0.4, -0.2) is 57.7 Å². The van der Waals surface area contributed by atoms with Crippen LogP contribution in [-0.2, 0) is 20.8 Å². The SMILES string of the molecule is CC(C)(C)OC(=O)CN(C(=O)OC(C)(C)C)C1CC2CCC(C1)N2Cc1ccccc1. The molecule has 1 aromatic carbocycles. The first-order valence-corrected chi connectivity index (χ1v) is 11.4. The molecule has 2 saturated heterocycles. The monoisotopic (exact) mass is 430 g/mol. The molecular formula is C25H38N2O4. The number of fused-ring (bicyclic) bond motifs is 2. The van der Waals surface area contributed by atoms with Crippen molar-refractivity contribution in [1.82, 2.24) is 9.80 Å². The van der Waals surface area contributed by atoms with Crippen molar-refractivity contribution in [3.63, 3.8) is 0 Å². The van der Waals surface area contributed by atoms with Crippen molar-refractivity contribution < 1.29 is 19.1 Å². The van der Waals surface area contributed by atoms with Crippen LogP contribution in [0.2, 0.25) is 0 Å². The second-order valence-electron chi connectivity index (χ2n) is 10.9. The molecular weight excluding hydrogens is 392 g/mol. The molecule has 2 aliphatic rings. The summed E-state index contributed by atoms with van der Waals surface area (Å²) in [6, 6.07) is 11.3. The van der Waals surface area contributed by atoms with Crippen LogP contribution in [0, 0.1) is 0 Å². The lowest BCUT2D eigenvalue weighted by Crippen LogP contribution is -2.54. The van der Waals surface area contributed by atoms with Gasteiger partial charge in [0.2, 0.25) is 0 Å². The fourth-order valence-electron chi connectivity index (χ4n) is 4.73. The fraction of sp³-hybridized carbons (Fsp3) is 0.680. The molecule has 172 valence electrons. The highest BCUT2D eigenvalue weighted by Gasteiger charge is 2.44. The van der Waals surface area contributed by atoms with Crippen LogP contribution in [0.1, 0.15) is 72.8 Å². The van der Waals surface area contributed by atoms with Crippen LogP contribution in [0.25, 0.3) is 0 Å². The maximum atomic E-state index is 13.0. The predicted molar refractivity (Wildman–Crippen MR) is 121 cm³/mol. The van der Waals surface area contributed by atoms with Crippen LogP contribution >= 0.6 is 0 Å². The summed E-state index contributed by atoms with van der Waals surface area (Å²) < 4.78 is 11.2. The first kappa shape index (κ1) is 23.6. The third kappa shape index (κ3) is 6.70. The topological polar surface area (TPSA) is 59.1 Å². The van der Waals surface area contributed by atoms with E-state index >= 15 is 0 Å². The van der Waals surface area contributed by atoms with E-state index in [2.05, 4.69) is 29.2 Å². The van der Waals surface area contributed by atoms with Crippen molar-refractivity contribution in [2.45, 2.75) is 103 Å². The lowest BCUT2D eigenvalue weighted by molar-refractivity contribution is -0.157. The van der Waals surface area contributed by atoms with E-state index in [1.807, 2.05) is 47.6 Å². The molecule has 1 amide bonds. The minimum atomic E-state index is -0.615. The maximum Gasteiger partial charge on any atom is 0.411 e. The van der Waals surface area contributed by atoms with Gasteiger partial charge in [-0.15, -0.1) is 0 Å². The number of carbonyl (C=O) groups excluding carboxylic acids is 2.